The lowest BCUT2D eigenvalue weighted by Crippen LogP contribution is -2.53. The maximum absolute atomic E-state index is 10.7. The van der Waals surface area contributed by atoms with Crippen molar-refractivity contribution in [2.45, 2.75) is 39.9 Å². The van der Waals surface area contributed by atoms with Crippen LogP contribution in [0.2, 0.25) is 0 Å². The molecule has 0 radical (unpaired) electrons. The van der Waals surface area contributed by atoms with E-state index in [0.29, 0.717) is 35.7 Å². The average molecular weight is 436 g/mol. The van der Waals surface area contributed by atoms with E-state index in [1.165, 1.54) is 0 Å². The maximum atomic E-state index is 10.7. The Morgan fingerprint density at radius 3 is 2.75 bits per heavy atom. The lowest BCUT2D eigenvalue weighted by atomic mass is 10.0. The minimum atomic E-state index is 0.164. The topological polar surface area (TPSA) is 108 Å². The van der Waals surface area contributed by atoms with E-state index in [4.69, 9.17) is 0 Å². The van der Waals surface area contributed by atoms with Crippen LogP contribution in [0.4, 0.5) is 11.6 Å². The summed E-state index contributed by atoms with van der Waals surface area (Å²) in [6.45, 7) is 11.2. The molecule has 0 bridgehead atoms. The van der Waals surface area contributed by atoms with E-state index in [-0.39, 0.29) is 5.75 Å². The van der Waals surface area contributed by atoms with Gasteiger partial charge in [-0.2, -0.15) is 5.10 Å². The number of anilines is 2. The molecule has 2 aliphatic heterocycles. The molecule has 32 heavy (non-hydrogen) atoms. The first-order valence-corrected chi connectivity index (χ1v) is 11.1. The normalized spacial score (nSPS) is 18.8. The van der Waals surface area contributed by atoms with Gasteiger partial charge in [-0.1, -0.05) is 13.8 Å². The number of hydrogen-bond donors (Lipinski definition) is 2. The van der Waals surface area contributed by atoms with E-state index in [1.54, 1.807) is 12.3 Å². The molecule has 0 unspecified atom stereocenters. The summed E-state index contributed by atoms with van der Waals surface area (Å²) in [6.07, 6.45) is 1.69. The fraction of sp³-hybridized carbons (Fsp3) is 0.500. The van der Waals surface area contributed by atoms with Crippen LogP contribution in [0.3, 0.4) is 0 Å². The van der Waals surface area contributed by atoms with E-state index in [9.17, 15) is 5.11 Å². The van der Waals surface area contributed by atoms with Crippen molar-refractivity contribution in [3.63, 3.8) is 0 Å². The molecule has 4 heterocycles. The van der Waals surface area contributed by atoms with Crippen LogP contribution in [0.1, 0.15) is 25.5 Å². The second-order valence-corrected chi connectivity index (χ2v) is 8.82. The number of benzene rings is 1. The minimum Gasteiger partial charge on any atom is -0.507 e. The molecule has 1 atom stereocenters. The highest BCUT2D eigenvalue weighted by Crippen LogP contribution is 2.32. The highest BCUT2D eigenvalue weighted by Gasteiger charge is 2.24. The molecule has 5 rings (SSSR count). The van der Waals surface area contributed by atoms with Gasteiger partial charge < -0.3 is 20.2 Å². The molecular formula is C22H29N9O. The molecule has 3 aromatic rings. The Kier molecular flexibility index (Phi) is 5.38. The Bertz CT molecular complexity index is 1100. The van der Waals surface area contributed by atoms with Crippen LogP contribution in [0.5, 0.6) is 5.75 Å². The fourth-order valence-corrected chi connectivity index (χ4v) is 4.36. The minimum absolute atomic E-state index is 0.164. The van der Waals surface area contributed by atoms with E-state index < -0.39 is 0 Å². The number of phenols is 1. The van der Waals surface area contributed by atoms with Gasteiger partial charge in [0, 0.05) is 49.5 Å². The van der Waals surface area contributed by atoms with Gasteiger partial charge in [0.25, 0.3) is 0 Å². The number of fused-ring (bicyclic) bond motifs is 1. The maximum Gasteiger partial charge on any atom is 0.245 e. The van der Waals surface area contributed by atoms with Crippen LogP contribution in [0.15, 0.2) is 24.4 Å². The van der Waals surface area contributed by atoms with Crippen molar-refractivity contribution in [2.24, 2.45) is 5.92 Å². The highest BCUT2D eigenvalue weighted by atomic mass is 16.3. The highest BCUT2D eigenvalue weighted by molar-refractivity contribution is 5.70. The van der Waals surface area contributed by atoms with E-state index in [0.717, 1.165) is 50.1 Å². The summed E-state index contributed by atoms with van der Waals surface area (Å²) in [5.41, 5.74) is 2.12. The fourth-order valence-electron chi connectivity index (χ4n) is 4.36. The zero-order valence-electron chi connectivity index (χ0n) is 18.7. The molecule has 2 aliphatic rings. The lowest BCUT2D eigenvalue weighted by Gasteiger charge is -2.35. The summed E-state index contributed by atoms with van der Waals surface area (Å²) in [6, 6.07) is 6.05. The first kappa shape index (κ1) is 20.6. The molecule has 0 spiro atoms. The van der Waals surface area contributed by atoms with E-state index in [1.807, 2.05) is 23.7 Å². The Morgan fingerprint density at radius 2 is 2.00 bits per heavy atom. The summed E-state index contributed by atoms with van der Waals surface area (Å²) in [5, 5.41) is 27.4. The summed E-state index contributed by atoms with van der Waals surface area (Å²) in [7, 11) is 0. The van der Waals surface area contributed by atoms with Crippen molar-refractivity contribution in [1.29, 1.82) is 0 Å². The van der Waals surface area contributed by atoms with Crippen molar-refractivity contribution < 1.29 is 5.11 Å². The van der Waals surface area contributed by atoms with Gasteiger partial charge in [-0.15, -0.1) is 10.2 Å². The number of rotatable bonds is 4. The smallest absolute Gasteiger partial charge is 0.245 e. The number of aromatic nitrogens is 6. The number of nitrogens with one attached hydrogen (secondary N) is 1. The molecule has 2 aromatic heterocycles. The summed E-state index contributed by atoms with van der Waals surface area (Å²) in [4.78, 5) is 13.4. The molecule has 2 N–H and O–H groups in total. The Labute approximate surface area is 187 Å². The Morgan fingerprint density at radius 1 is 1.12 bits per heavy atom. The largest absolute Gasteiger partial charge is 0.507 e. The van der Waals surface area contributed by atoms with Gasteiger partial charge in [0.1, 0.15) is 23.1 Å². The quantitative estimate of drug-likeness (QED) is 0.632. The van der Waals surface area contributed by atoms with Crippen LogP contribution in [0, 0.1) is 12.8 Å². The predicted octanol–water partition coefficient (Wildman–Crippen LogP) is 1.60. The van der Waals surface area contributed by atoms with Gasteiger partial charge in [0.2, 0.25) is 5.95 Å². The number of aromatic hydroxyl groups is 1. The van der Waals surface area contributed by atoms with Gasteiger partial charge in [0.15, 0.2) is 0 Å². The van der Waals surface area contributed by atoms with Crippen molar-refractivity contribution in [3.05, 3.63) is 36.0 Å². The monoisotopic (exact) mass is 435 g/mol. The van der Waals surface area contributed by atoms with Crippen LogP contribution < -0.4 is 15.1 Å². The van der Waals surface area contributed by atoms with Crippen molar-refractivity contribution >= 4 is 11.6 Å². The van der Waals surface area contributed by atoms with E-state index >= 15 is 0 Å². The summed E-state index contributed by atoms with van der Waals surface area (Å²) >= 11 is 0. The SMILES string of the molecule is Cc1nc2n(n1)CCN(c1ccc(-c3cnc(N4CCN[C@@H](C(C)C)C4)nn3)c(O)c1)C2. The van der Waals surface area contributed by atoms with Gasteiger partial charge in [0.05, 0.1) is 19.3 Å². The zero-order valence-corrected chi connectivity index (χ0v) is 18.7. The molecule has 0 aliphatic carbocycles. The number of hydrogen-bond acceptors (Lipinski definition) is 9. The van der Waals surface area contributed by atoms with Crippen molar-refractivity contribution in [1.82, 2.24) is 35.3 Å². The van der Waals surface area contributed by atoms with Crippen molar-refractivity contribution in [3.8, 4) is 17.0 Å². The van der Waals surface area contributed by atoms with Gasteiger partial charge in [-0.05, 0) is 25.0 Å². The summed E-state index contributed by atoms with van der Waals surface area (Å²) < 4.78 is 1.95. The molecule has 0 amide bonds. The van der Waals surface area contributed by atoms with Crippen LogP contribution in [-0.2, 0) is 13.1 Å². The molecule has 10 heteroatoms. The van der Waals surface area contributed by atoms with Crippen molar-refractivity contribution in [2.75, 3.05) is 36.0 Å². The second-order valence-electron chi connectivity index (χ2n) is 8.82. The second kappa shape index (κ2) is 8.34. The third-order valence-electron chi connectivity index (χ3n) is 6.23. The van der Waals surface area contributed by atoms with Gasteiger partial charge in [-0.25, -0.2) is 14.6 Å². The molecule has 0 saturated carbocycles. The van der Waals surface area contributed by atoms with Gasteiger partial charge >= 0.3 is 0 Å². The third kappa shape index (κ3) is 3.97. The lowest BCUT2D eigenvalue weighted by molar-refractivity contribution is 0.365. The standard InChI is InChI=1S/C22H29N9O/c1-14(2)19-12-30(7-6-23-19)22-24-11-18(26-27-22)17-5-4-16(10-20(17)32)29-8-9-31-21(13-29)25-15(3)28-31/h4-5,10-11,14,19,23,32H,6-9,12-13H2,1-3H3/t19-/m1/s1. The average Bonchev–Trinajstić information content (AvgIpc) is 3.18. The predicted molar refractivity (Wildman–Crippen MR) is 122 cm³/mol. The Hall–Kier alpha value is -3.27. The molecule has 1 aromatic carbocycles. The third-order valence-corrected chi connectivity index (χ3v) is 6.23. The molecule has 168 valence electrons. The van der Waals surface area contributed by atoms with Crippen LogP contribution in [-0.4, -0.2) is 67.3 Å². The van der Waals surface area contributed by atoms with Crippen LogP contribution in [0.25, 0.3) is 11.3 Å². The van der Waals surface area contributed by atoms with Gasteiger partial charge in [-0.3, -0.25) is 0 Å². The first-order chi connectivity index (χ1) is 15.5. The number of aryl methyl sites for hydroxylation is 1. The Balaban J connectivity index is 1.31. The number of nitrogens with zero attached hydrogens (tertiary/aromatic N) is 8. The molecule has 1 saturated heterocycles. The molecule has 10 nitrogen and oxygen atoms in total. The summed E-state index contributed by atoms with van der Waals surface area (Å²) in [5.74, 6) is 3.06. The number of phenolic OH excluding ortho intramolecular Hbond substituents is 1. The number of piperazine rings is 1. The molecule has 1 fully saturated rings. The van der Waals surface area contributed by atoms with Crippen LogP contribution >= 0.6 is 0 Å². The molecular weight excluding hydrogens is 406 g/mol. The zero-order chi connectivity index (χ0) is 22.2. The van der Waals surface area contributed by atoms with E-state index in [2.05, 4.69) is 54.2 Å². The first-order valence-electron chi connectivity index (χ1n) is 11.1.